The van der Waals surface area contributed by atoms with E-state index < -0.39 is 12.1 Å². The average molecular weight is 198 g/mol. The molecule has 1 spiro atoms. The topological polar surface area (TPSA) is 46.5 Å². The first kappa shape index (κ1) is 9.97. The molecule has 1 saturated carbocycles. The lowest BCUT2D eigenvalue weighted by Gasteiger charge is -2.23. The van der Waals surface area contributed by atoms with Gasteiger partial charge >= 0.3 is 5.97 Å². The van der Waals surface area contributed by atoms with Gasteiger partial charge in [0.1, 0.15) is 0 Å². The molecule has 3 nitrogen and oxygen atoms in total. The summed E-state index contributed by atoms with van der Waals surface area (Å²) in [5.74, 6) is -0.0376. The molecule has 14 heavy (non-hydrogen) atoms. The van der Waals surface area contributed by atoms with E-state index in [0.29, 0.717) is 6.42 Å². The van der Waals surface area contributed by atoms with E-state index in [4.69, 9.17) is 9.84 Å². The van der Waals surface area contributed by atoms with Crippen molar-refractivity contribution in [3.05, 3.63) is 0 Å². The molecule has 0 radical (unpaired) electrons. The first-order valence-corrected chi connectivity index (χ1v) is 5.56. The molecule has 1 N–H and O–H groups in total. The fourth-order valence-electron chi connectivity index (χ4n) is 2.87. The van der Waals surface area contributed by atoms with E-state index in [9.17, 15) is 4.79 Å². The molecule has 0 amide bonds. The van der Waals surface area contributed by atoms with Gasteiger partial charge in [0.05, 0.1) is 5.60 Å². The molecule has 2 aliphatic rings. The number of aliphatic carboxylic acids is 1. The van der Waals surface area contributed by atoms with Crippen LogP contribution < -0.4 is 0 Å². The van der Waals surface area contributed by atoms with Crippen molar-refractivity contribution in [2.45, 2.75) is 57.2 Å². The molecular weight excluding hydrogens is 180 g/mol. The first-order chi connectivity index (χ1) is 6.65. The Bertz CT molecular complexity index is 239. The molecule has 1 aliphatic carbocycles. The Labute approximate surface area is 84.4 Å². The molecular formula is C11H18O3. The SMILES string of the molecule is CCC1CCC2(CCC(C(=O)O)O2)C1. The second-order valence-electron chi connectivity index (χ2n) is 4.68. The summed E-state index contributed by atoms with van der Waals surface area (Å²) in [4.78, 5) is 10.8. The third-order valence-electron chi connectivity index (χ3n) is 3.78. The molecule has 3 unspecified atom stereocenters. The van der Waals surface area contributed by atoms with Crippen LogP contribution in [0.1, 0.15) is 45.4 Å². The Balaban J connectivity index is 1.97. The molecule has 3 heteroatoms. The second-order valence-corrected chi connectivity index (χ2v) is 4.68. The van der Waals surface area contributed by atoms with E-state index in [0.717, 1.165) is 25.2 Å². The number of carboxylic acid groups (broad SMARTS) is 1. The van der Waals surface area contributed by atoms with Crippen molar-refractivity contribution < 1.29 is 14.6 Å². The molecule has 3 atom stereocenters. The van der Waals surface area contributed by atoms with E-state index in [-0.39, 0.29) is 5.60 Å². The van der Waals surface area contributed by atoms with Crippen molar-refractivity contribution in [2.75, 3.05) is 0 Å². The summed E-state index contributed by atoms with van der Waals surface area (Å²) in [5, 5.41) is 8.86. The van der Waals surface area contributed by atoms with Crippen molar-refractivity contribution in [2.24, 2.45) is 5.92 Å². The minimum Gasteiger partial charge on any atom is -0.479 e. The number of rotatable bonds is 2. The lowest BCUT2D eigenvalue weighted by molar-refractivity contribution is -0.154. The summed E-state index contributed by atoms with van der Waals surface area (Å²) >= 11 is 0. The average Bonchev–Trinajstić information content (AvgIpc) is 2.74. The summed E-state index contributed by atoms with van der Waals surface area (Å²) < 4.78 is 5.70. The van der Waals surface area contributed by atoms with Gasteiger partial charge in [-0.25, -0.2) is 4.79 Å². The van der Waals surface area contributed by atoms with Gasteiger partial charge in [-0.15, -0.1) is 0 Å². The van der Waals surface area contributed by atoms with E-state index in [2.05, 4.69) is 6.92 Å². The summed E-state index contributed by atoms with van der Waals surface area (Å²) in [7, 11) is 0. The highest BCUT2D eigenvalue weighted by Gasteiger charge is 2.47. The fraction of sp³-hybridized carbons (Fsp3) is 0.909. The van der Waals surface area contributed by atoms with Crippen LogP contribution in [0, 0.1) is 5.92 Å². The summed E-state index contributed by atoms with van der Waals surface area (Å²) in [6, 6.07) is 0. The third kappa shape index (κ3) is 1.65. The lowest BCUT2D eigenvalue weighted by Crippen LogP contribution is -2.28. The Morgan fingerprint density at radius 3 is 2.71 bits per heavy atom. The van der Waals surface area contributed by atoms with Gasteiger partial charge in [0, 0.05) is 0 Å². The number of hydrogen-bond acceptors (Lipinski definition) is 2. The normalized spacial score (nSPS) is 42.1. The van der Waals surface area contributed by atoms with Crippen molar-refractivity contribution in [1.82, 2.24) is 0 Å². The molecule has 0 aromatic heterocycles. The van der Waals surface area contributed by atoms with Gasteiger partial charge in [0.2, 0.25) is 0 Å². The fourth-order valence-corrected chi connectivity index (χ4v) is 2.87. The molecule has 1 saturated heterocycles. The zero-order chi connectivity index (χ0) is 10.2. The molecule has 0 aromatic carbocycles. The predicted molar refractivity (Wildman–Crippen MR) is 52.1 cm³/mol. The number of hydrogen-bond donors (Lipinski definition) is 1. The largest absolute Gasteiger partial charge is 0.479 e. The minimum absolute atomic E-state index is 0.0657. The lowest BCUT2D eigenvalue weighted by atomic mass is 9.95. The minimum atomic E-state index is -0.790. The van der Waals surface area contributed by atoms with Gasteiger partial charge in [-0.1, -0.05) is 13.3 Å². The zero-order valence-electron chi connectivity index (χ0n) is 8.66. The van der Waals surface area contributed by atoms with Crippen LogP contribution in [0.3, 0.4) is 0 Å². The van der Waals surface area contributed by atoms with Gasteiger partial charge in [0.25, 0.3) is 0 Å². The summed E-state index contributed by atoms with van der Waals surface area (Å²) in [6.45, 7) is 2.20. The van der Waals surface area contributed by atoms with Gasteiger partial charge in [0.15, 0.2) is 6.10 Å². The van der Waals surface area contributed by atoms with Crippen molar-refractivity contribution in [1.29, 1.82) is 0 Å². The van der Waals surface area contributed by atoms with Crippen LogP contribution in [-0.2, 0) is 9.53 Å². The van der Waals surface area contributed by atoms with Crippen LogP contribution in [0.5, 0.6) is 0 Å². The van der Waals surface area contributed by atoms with Gasteiger partial charge < -0.3 is 9.84 Å². The van der Waals surface area contributed by atoms with Crippen LogP contribution >= 0.6 is 0 Å². The van der Waals surface area contributed by atoms with E-state index >= 15 is 0 Å². The third-order valence-corrected chi connectivity index (χ3v) is 3.78. The Morgan fingerprint density at radius 1 is 1.50 bits per heavy atom. The summed E-state index contributed by atoms with van der Waals surface area (Å²) in [5.41, 5.74) is -0.0657. The second kappa shape index (κ2) is 3.54. The molecule has 1 heterocycles. The first-order valence-electron chi connectivity index (χ1n) is 5.56. The summed E-state index contributed by atoms with van der Waals surface area (Å²) in [6.07, 6.45) is 5.66. The van der Waals surface area contributed by atoms with Crippen molar-refractivity contribution in [3.63, 3.8) is 0 Å². The number of ether oxygens (including phenoxy) is 1. The van der Waals surface area contributed by atoms with Crippen LogP contribution in [0.15, 0.2) is 0 Å². The number of carboxylic acids is 1. The highest BCUT2D eigenvalue weighted by atomic mass is 16.5. The monoisotopic (exact) mass is 198 g/mol. The highest BCUT2D eigenvalue weighted by molar-refractivity contribution is 5.72. The van der Waals surface area contributed by atoms with Crippen LogP contribution in [0.4, 0.5) is 0 Å². The van der Waals surface area contributed by atoms with Crippen molar-refractivity contribution >= 4 is 5.97 Å². The van der Waals surface area contributed by atoms with Gasteiger partial charge in [-0.3, -0.25) is 0 Å². The molecule has 2 rings (SSSR count). The maximum atomic E-state index is 10.8. The maximum Gasteiger partial charge on any atom is 0.332 e. The number of carbonyl (C=O) groups is 1. The smallest absolute Gasteiger partial charge is 0.332 e. The van der Waals surface area contributed by atoms with Crippen LogP contribution in [0.25, 0.3) is 0 Å². The maximum absolute atomic E-state index is 10.8. The van der Waals surface area contributed by atoms with E-state index in [1.165, 1.54) is 12.8 Å². The Hall–Kier alpha value is -0.570. The zero-order valence-corrected chi connectivity index (χ0v) is 8.66. The molecule has 2 fully saturated rings. The molecule has 0 bridgehead atoms. The van der Waals surface area contributed by atoms with E-state index in [1.807, 2.05) is 0 Å². The Morgan fingerprint density at radius 2 is 2.21 bits per heavy atom. The molecule has 0 aromatic rings. The van der Waals surface area contributed by atoms with Crippen LogP contribution in [-0.4, -0.2) is 22.8 Å². The van der Waals surface area contributed by atoms with Crippen LogP contribution in [0.2, 0.25) is 0 Å². The van der Waals surface area contributed by atoms with Crippen molar-refractivity contribution in [3.8, 4) is 0 Å². The van der Waals surface area contributed by atoms with E-state index in [1.54, 1.807) is 0 Å². The van der Waals surface area contributed by atoms with Gasteiger partial charge in [-0.2, -0.15) is 0 Å². The standard InChI is InChI=1S/C11H18O3/c1-2-8-3-5-11(7-8)6-4-9(14-11)10(12)13/h8-9H,2-7H2,1H3,(H,12,13). The predicted octanol–water partition coefficient (Wildman–Crippen LogP) is 2.20. The highest BCUT2D eigenvalue weighted by Crippen LogP contribution is 2.46. The molecule has 80 valence electrons. The van der Waals surface area contributed by atoms with Gasteiger partial charge in [-0.05, 0) is 38.0 Å². The molecule has 1 aliphatic heterocycles. The quantitative estimate of drug-likeness (QED) is 0.739. The Kier molecular flexibility index (Phi) is 2.52.